The number of nitrogens with zero attached hydrogens (tertiary/aromatic N) is 6. The number of fused-ring (bicyclic) bond motifs is 1. The van der Waals surface area contributed by atoms with E-state index in [2.05, 4.69) is 15.3 Å². The highest BCUT2D eigenvalue weighted by atomic mass is 35.5. The van der Waals surface area contributed by atoms with E-state index >= 15 is 0 Å². The topological polar surface area (TPSA) is 107 Å². The van der Waals surface area contributed by atoms with E-state index in [4.69, 9.17) is 21.3 Å². The van der Waals surface area contributed by atoms with Crippen LogP contribution in [0.4, 0.5) is 17.1 Å². The van der Waals surface area contributed by atoms with Crippen molar-refractivity contribution in [3.63, 3.8) is 0 Å². The molecule has 0 amide bonds. The van der Waals surface area contributed by atoms with Gasteiger partial charge in [0, 0.05) is 38.5 Å². The fraction of sp³-hybridized carbons (Fsp3) is 0.375. The van der Waals surface area contributed by atoms with Gasteiger partial charge < -0.3 is 14.6 Å². The smallest absolute Gasteiger partial charge is 0.232 e. The van der Waals surface area contributed by atoms with Crippen molar-refractivity contribution in [1.82, 2.24) is 24.1 Å². The average Bonchev–Trinajstić information content (AvgIpc) is 3.41. The molecule has 1 atom stereocenters. The zero-order valence-electron chi connectivity index (χ0n) is 20.6. The summed E-state index contributed by atoms with van der Waals surface area (Å²) in [4.78, 5) is 13.7. The number of rotatable bonds is 6. The Morgan fingerprint density at radius 2 is 2.00 bits per heavy atom. The molecule has 1 aliphatic heterocycles. The van der Waals surface area contributed by atoms with Crippen molar-refractivity contribution < 1.29 is 13.2 Å². The lowest BCUT2D eigenvalue weighted by molar-refractivity contribution is -0.0309. The third-order valence-electron chi connectivity index (χ3n) is 6.34. The third kappa shape index (κ3) is 4.65. The molecule has 4 heterocycles. The lowest BCUT2D eigenvalue weighted by Gasteiger charge is -2.25. The molecule has 1 fully saturated rings. The summed E-state index contributed by atoms with van der Waals surface area (Å²) < 4.78 is 36.0. The van der Waals surface area contributed by atoms with Crippen LogP contribution in [0.2, 0.25) is 5.15 Å². The monoisotopic (exact) mass is 529 g/mol. The Bertz CT molecular complexity index is 1540. The van der Waals surface area contributed by atoms with Gasteiger partial charge in [0.15, 0.2) is 5.65 Å². The summed E-state index contributed by atoms with van der Waals surface area (Å²) in [5.41, 5.74) is 4.45. The van der Waals surface area contributed by atoms with E-state index in [1.54, 1.807) is 18.5 Å². The number of sulfonamides is 1. The van der Waals surface area contributed by atoms with Crippen LogP contribution in [0.5, 0.6) is 0 Å². The lowest BCUT2D eigenvalue weighted by atomic mass is 10.1. The number of hydrogen-bond donors (Lipinski definition) is 1. The van der Waals surface area contributed by atoms with Crippen molar-refractivity contribution >= 4 is 49.9 Å². The number of ether oxygens (including phenoxy) is 1. The minimum atomic E-state index is -3.54. The Hall–Kier alpha value is -3.15. The van der Waals surface area contributed by atoms with Crippen molar-refractivity contribution in [3.05, 3.63) is 47.8 Å². The first-order valence-corrected chi connectivity index (χ1v) is 13.8. The maximum atomic E-state index is 12.5. The van der Waals surface area contributed by atoms with E-state index in [1.165, 1.54) is 17.6 Å². The number of pyridine rings is 1. The van der Waals surface area contributed by atoms with Gasteiger partial charge in [-0.05, 0) is 38.3 Å². The molecule has 1 unspecified atom stereocenters. The van der Waals surface area contributed by atoms with Crippen LogP contribution in [0.25, 0.3) is 22.4 Å². The number of nitrogens with one attached hydrogen (secondary N) is 1. The largest absolute Gasteiger partial charge is 0.358 e. The van der Waals surface area contributed by atoms with Gasteiger partial charge in [-0.15, -0.1) is 0 Å². The summed E-state index contributed by atoms with van der Waals surface area (Å²) in [7, 11) is -0.136. The predicted molar refractivity (Wildman–Crippen MR) is 141 cm³/mol. The number of aromatic nitrogens is 5. The molecule has 5 rings (SSSR count). The number of imidazole rings is 2. The Balaban J connectivity index is 1.61. The van der Waals surface area contributed by atoms with Gasteiger partial charge in [-0.1, -0.05) is 17.7 Å². The first-order valence-electron chi connectivity index (χ1n) is 11.6. The second-order valence-corrected chi connectivity index (χ2v) is 11.4. The lowest BCUT2D eigenvalue weighted by Crippen LogP contribution is -2.25. The predicted octanol–water partition coefficient (Wildman–Crippen LogP) is 4.63. The third-order valence-corrected chi connectivity index (χ3v) is 7.73. The van der Waals surface area contributed by atoms with Crippen LogP contribution in [0.15, 0.2) is 36.8 Å². The van der Waals surface area contributed by atoms with Crippen LogP contribution in [-0.4, -0.2) is 52.4 Å². The summed E-state index contributed by atoms with van der Waals surface area (Å²) >= 11 is 6.44. The van der Waals surface area contributed by atoms with Gasteiger partial charge in [-0.2, -0.15) is 0 Å². The molecule has 0 bridgehead atoms. The fourth-order valence-electron chi connectivity index (χ4n) is 4.45. The maximum absolute atomic E-state index is 12.5. The van der Waals surface area contributed by atoms with Gasteiger partial charge in [0.2, 0.25) is 10.0 Å². The van der Waals surface area contributed by atoms with Crippen molar-refractivity contribution in [2.24, 2.45) is 7.05 Å². The minimum absolute atomic E-state index is 0.146. The van der Waals surface area contributed by atoms with E-state index in [9.17, 15) is 8.42 Å². The van der Waals surface area contributed by atoms with Crippen molar-refractivity contribution in [2.75, 3.05) is 29.5 Å². The van der Waals surface area contributed by atoms with E-state index < -0.39 is 10.0 Å². The van der Waals surface area contributed by atoms with Crippen LogP contribution in [-0.2, 0) is 21.8 Å². The molecular formula is C24H28ClN7O3S. The minimum Gasteiger partial charge on any atom is -0.358 e. The van der Waals surface area contributed by atoms with Gasteiger partial charge >= 0.3 is 0 Å². The molecule has 0 saturated carbocycles. The molecule has 0 radical (unpaired) electrons. The van der Waals surface area contributed by atoms with E-state index in [0.29, 0.717) is 40.0 Å². The quantitative estimate of drug-likeness (QED) is 0.363. The summed E-state index contributed by atoms with van der Waals surface area (Å²) in [5.74, 6) is 0.772. The number of hydrogen-bond acceptors (Lipinski definition) is 7. The normalized spacial score (nSPS) is 16.4. The van der Waals surface area contributed by atoms with Gasteiger partial charge in [-0.3, -0.25) is 8.87 Å². The molecule has 1 aromatic carbocycles. The highest BCUT2D eigenvalue weighted by molar-refractivity contribution is 7.92. The van der Waals surface area contributed by atoms with Crippen LogP contribution >= 0.6 is 11.6 Å². The molecule has 10 nitrogen and oxygen atoms in total. The summed E-state index contributed by atoms with van der Waals surface area (Å²) in [6.45, 7) is 2.61. The Labute approximate surface area is 214 Å². The molecule has 0 spiro atoms. The Morgan fingerprint density at radius 3 is 2.67 bits per heavy atom. The number of anilines is 3. The Kier molecular flexibility index (Phi) is 6.39. The second kappa shape index (κ2) is 9.38. The molecule has 4 aromatic rings. The summed E-state index contributed by atoms with van der Waals surface area (Å²) in [5, 5.41) is 3.66. The van der Waals surface area contributed by atoms with Gasteiger partial charge in [-0.25, -0.2) is 23.4 Å². The van der Waals surface area contributed by atoms with E-state index in [0.717, 1.165) is 36.3 Å². The number of benzene rings is 1. The van der Waals surface area contributed by atoms with Crippen LogP contribution in [0.3, 0.4) is 0 Å². The SMILES string of the molecule is Cc1nc2c(Nc3ccc(-c4cn(C)cn4)cc3N(C)S(C)(=O)=O)cc(Cl)nc2n1C1CCCCO1. The standard InChI is InChI=1S/C24H28ClN7O3S/c1-15-27-23-18(12-21(25)29-24(23)32(15)22-7-5-6-10-35-22)28-17-9-8-16(19-13-30(2)14-26-19)11-20(17)31(3)36(4,33)34/h8-9,11-14,22H,5-7,10H2,1-4H3,(H,28,29). The first kappa shape index (κ1) is 24.5. The summed E-state index contributed by atoms with van der Waals surface area (Å²) in [6, 6.07) is 7.21. The zero-order valence-corrected chi connectivity index (χ0v) is 22.1. The second-order valence-electron chi connectivity index (χ2n) is 9.03. The van der Waals surface area contributed by atoms with Crippen LogP contribution in [0, 0.1) is 6.92 Å². The van der Waals surface area contributed by atoms with Gasteiger partial charge in [0.05, 0.1) is 35.3 Å². The molecular weight excluding hydrogens is 502 g/mol. The molecule has 1 N–H and O–H groups in total. The van der Waals surface area contributed by atoms with Crippen molar-refractivity contribution in [2.45, 2.75) is 32.4 Å². The molecule has 1 aliphatic rings. The highest BCUT2D eigenvalue weighted by Gasteiger charge is 2.24. The maximum Gasteiger partial charge on any atom is 0.232 e. The van der Waals surface area contributed by atoms with Crippen LogP contribution in [0.1, 0.15) is 31.3 Å². The van der Waals surface area contributed by atoms with Crippen molar-refractivity contribution in [1.29, 1.82) is 0 Å². The van der Waals surface area contributed by atoms with E-state index in [1.807, 2.05) is 41.4 Å². The molecule has 1 saturated heterocycles. The first-order chi connectivity index (χ1) is 17.1. The molecule has 190 valence electrons. The number of aryl methyl sites for hydroxylation is 2. The highest BCUT2D eigenvalue weighted by Crippen LogP contribution is 2.37. The molecule has 0 aliphatic carbocycles. The molecule has 3 aromatic heterocycles. The number of halogens is 1. The molecule has 36 heavy (non-hydrogen) atoms. The zero-order chi connectivity index (χ0) is 25.6. The van der Waals surface area contributed by atoms with Crippen molar-refractivity contribution in [3.8, 4) is 11.3 Å². The Morgan fingerprint density at radius 1 is 1.19 bits per heavy atom. The molecule has 12 heteroatoms. The average molecular weight is 530 g/mol. The fourth-order valence-corrected chi connectivity index (χ4v) is 5.15. The van der Waals surface area contributed by atoms with E-state index in [-0.39, 0.29) is 6.23 Å². The van der Waals surface area contributed by atoms with Crippen LogP contribution < -0.4 is 9.62 Å². The summed E-state index contributed by atoms with van der Waals surface area (Å²) in [6.07, 6.45) is 7.58. The van der Waals surface area contributed by atoms with Gasteiger partial charge in [0.1, 0.15) is 22.7 Å². The van der Waals surface area contributed by atoms with Gasteiger partial charge in [0.25, 0.3) is 0 Å².